The first kappa shape index (κ1) is 32.6. The summed E-state index contributed by atoms with van der Waals surface area (Å²) in [6, 6.07) is 19.6. The lowest BCUT2D eigenvalue weighted by molar-refractivity contribution is -0.274. The molecule has 2 atom stereocenters. The molecule has 1 aromatic heterocycles. The highest BCUT2D eigenvalue weighted by Crippen LogP contribution is 2.36. The van der Waals surface area contributed by atoms with Gasteiger partial charge in [0.1, 0.15) is 12.1 Å². The predicted molar refractivity (Wildman–Crippen MR) is 180 cm³/mol. The van der Waals surface area contributed by atoms with E-state index in [1.54, 1.807) is 11.8 Å². The number of amides is 2. The molecule has 2 fully saturated rings. The molecule has 1 aliphatic carbocycles. The first-order valence-electron chi connectivity index (χ1n) is 15.8. The molecule has 1 N–H and O–H groups in total. The summed E-state index contributed by atoms with van der Waals surface area (Å²) in [7, 11) is 0. The Bertz CT molecular complexity index is 1740. The fourth-order valence-electron chi connectivity index (χ4n) is 6.46. The highest BCUT2D eigenvalue weighted by molar-refractivity contribution is 8.14. The highest BCUT2D eigenvalue weighted by atomic mass is 32.2. The van der Waals surface area contributed by atoms with E-state index >= 15 is 0 Å². The number of nitrogens with one attached hydrogen (secondary N) is 1. The second kappa shape index (κ2) is 13.8. The summed E-state index contributed by atoms with van der Waals surface area (Å²) in [5.41, 5.74) is 6.26. The predicted octanol–water partition coefficient (Wildman–Crippen LogP) is 8.61. The maximum absolute atomic E-state index is 13.1. The van der Waals surface area contributed by atoms with Crippen molar-refractivity contribution in [2.24, 2.45) is 4.99 Å². The van der Waals surface area contributed by atoms with Gasteiger partial charge in [0.25, 0.3) is 0 Å². The zero-order valence-electron chi connectivity index (χ0n) is 26.5. The minimum atomic E-state index is -4.74. The fourth-order valence-corrected chi connectivity index (χ4v) is 7.41. The van der Waals surface area contributed by atoms with Crippen molar-refractivity contribution in [1.82, 2.24) is 20.1 Å². The molecule has 3 aromatic carbocycles. The molecule has 2 aliphatic rings. The van der Waals surface area contributed by atoms with Crippen LogP contribution >= 0.6 is 11.8 Å². The molecule has 2 amide bonds. The van der Waals surface area contributed by atoms with E-state index in [0.29, 0.717) is 23.3 Å². The highest BCUT2D eigenvalue weighted by Gasteiger charge is 2.31. The van der Waals surface area contributed by atoms with Gasteiger partial charge >= 0.3 is 12.4 Å². The molecule has 2 unspecified atom stereocenters. The van der Waals surface area contributed by atoms with Crippen LogP contribution in [0.25, 0.3) is 17.1 Å². The van der Waals surface area contributed by atoms with Crippen molar-refractivity contribution in [2.75, 3.05) is 17.2 Å². The normalized spacial score (nSPS) is 19.4. The number of anilines is 1. The molecule has 8 nitrogen and oxygen atoms in total. The van der Waals surface area contributed by atoms with Crippen LogP contribution < -0.4 is 15.0 Å². The quantitative estimate of drug-likeness (QED) is 0.213. The molecule has 2 heterocycles. The third kappa shape index (κ3) is 7.81. The Morgan fingerprint density at radius 2 is 1.83 bits per heavy atom. The summed E-state index contributed by atoms with van der Waals surface area (Å²) >= 11 is 1.64. The van der Waals surface area contributed by atoms with Gasteiger partial charge in [-0.05, 0) is 91.5 Å². The number of hydrogen-bond acceptors (Lipinski definition) is 5. The summed E-state index contributed by atoms with van der Waals surface area (Å²) in [5.74, 6) is 1.82. The molecule has 47 heavy (non-hydrogen) atoms. The zero-order chi connectivity index (χ0) is 33.1. The van der Waals surface area contributed by atoms with E-state index in [1.165, 1.54) is 52.0 Å². The smallest absolute Gasteiger partial charge is 0.406 e. The molecule has 6 rings (SSSR count). The number of carbonyl (C=O) groups excluding carboxylic acids is 1. The maximum atomic E-state index is 13.1. The van der Waals surface area contributed by atoms with Crippen LogP contribution in [0.15, 0.2) is 78.0 Å². The molecule has 0 bridgehead atoms. The second-order valence-electron chi connectivity index (χ2n) is 12.2. The molecule has 4 aromatic rings. The van der Waals surface area contributed by atoms with Crippen LogP contribution in [-0.4, -0.2) is 50.7 Å². The van der Waals surface area contributed by atoms with E-state index in [4.69, 9.17) is 0 Å². The topological polar surface area (TPSA) is 84.6 Å². The molecular weight excluding hydrogens is 625 g/mol. The lowest BCUT2D eigenvalue weighted by Crippen LogP contribution is -2.38. The Balaban J connectivity index is 1.07. The van der Waals surface area contributed by atoms with Crippen molar-refractivity contribution in [3.63, 3.8) is 0 Å². The Labute approximate surface area is 276 Å². The van der Waals surface area contributed by atoms with E-state index in [-0.39, 0.29) is 17.8 Å². The third-order valence-electron chi connectivity index (χ3n) is 8.58. The van der Waals surface area contributed by atoms with Gasteiger partial charge in [-0.3, -0.25) is 0 Å². The van der Waals surface area contributed by atoms with Gasteiger partial charge in [0.05, 0.1) is 5.69 Å². The number of thioether (sulfide) groups is 1. The van der Waals surface area contributed by atoms with Gasteiger partial charge in [0.2, 0.25) is 0 Å². The van der Waals surface area contributed by atoms with Crippen molar-refractivity contribution in [1.29, 1.82) is 0 Å². The maximum Gasteiger partial charge on any atom is 0.573 e. The summed E-state index contributed by atoms with van der Waals surface area (Å²) in [5, 5.41) is 8.42. The van der Waals surface area contributed by atoms with Crippen molar-refractivity contribution in [3.05, 3.63) is 89.7 Å². The van der Waals surface area contributed by atoms with Crippen LogP contribution in [0, 0.1) is 6.92 Å². The Kier molecular flexibility index (Phi) is 9.58. The number of amidine groups is 1. The summed E-state index contributed by atoms with van der Waals surface area (Å²) in [6.07, 6.45) is 0.495. The monoisotopic (exact) mass is 662 g/mol. The first-order chi connectivity index (χ1) is 22.5. The minimum absolute atomic E-state index is 0.0500. The first-order valence-corrected chi connectivity index (χ1v) is 16.8. The Morgan fingerprint density at radius 1 is 1.06 bits per heavy atom. The lowest BCUT2D eigenvalue weighted by Gasteiger charge is -2.32. The van der Waals surface area contributed by atoms with Gasteiger partial charge in [-0.25, -0.2) is 14.5 Å². The standard InChI is InChI=1S/C35H37F3N6O2S/c1-22(2)31-23(3)6-4-7-30(31)43-18-5-19-47-34(43)41-33(45)40-27-13-12-26(20-27)24-8-10-25(11-9-24)32-39-21-44(42-32)28-14-16-29(17-15-28)46-35(36,37)38/h4,6-11,14-17,21-22,26-27H,5,12-13,18-20H2,1-3H3,(H,40,45)/b41-34-. The number of nitrogens with zero attached hydrogens (tertiary/aromatic N) is 5. The Hall–Kier alpha value is -4.32. The molecule has 246 valence electrons. The van der Waals surface area contributed by atoms with Crippen LogP contribution in [0.4, 0.5) is 23.7 Å². The Morgan fingerprint density at radius 3 is 2.55 bits per heavy atom. The molecular formula is C35H37F3N6O2S. The van der Waals surface area contributed by atoms with Crippen LogP contribution in [0.5, 0.6) is 5.75 Å². The van der Waals surface area contributed by atoms with E-state index in [1.807, 2.05) is 12.1 Å². The number of urea groups is 1. The molecule has 1 aliphatic heterocycles. The van der Waals surface area contributed by atoms with Crippen molar-refractivity contribution < 1.29 is 22.7 Å². The number of rotatable bonds is 7. The SMILES string of the molecule is Cc1cccc(N2CCCS/C2=N\C(=O)NC2CCC(c3ccc(-c4ncn(-c5ccc(OC(F)(F)F)cc5)n4)cc3)C2)c1C(C)C. The summed E-state index contributed by atoms with van der Waals surface area (Å²) in [6.45, 7) is 7.38. The van der Waals surface area contributed by atoms with Crippen LogP contribution in [0.1, 0.15) is 68.1 Å². The van der Waals surface area contributed by atoms with E-state index in [0.717, 1.165) is 54.4 Å². The average molecular weight is 663 g/mol. The largest absolute Gasteiger partial charge is 0.573 e. The lowest BCUT2D eigenvalue weighted by atomic mass is 9.95. The number of aliphatic imine (C=N–C) groups is 1. The van der Waals surface area contributed by atoms with Gasteiger partial charge in [0.15, 0.2) is 11.0 Å². The van der Waals surface area contributed by atoms with E-state index in [9.17, 15) is 18.0 Å². The number of ether oxygens (including phenoxy) is 1. The summed E-state index contributed by atoms with van der Waals surface area (Å²) < 4.78 is 42.8. The third-order valence-corrected chi connectivity index (χ3v) is 9.64. The van der Waals surface area contributed by atoms with Gasteiger partial charge in [0, 0.05) is 29.6 Å². The molecule has 0 spiro atoms. The van der Waals surface area contributed by atoms with Gasteiger partial charge in [-0.1, -0.05) is 62.0 Å². The fraction of sp³-hybridized carbons (Fsp3) is 0.371. The van der Waals surface area contributed by atoms with Gasteiger partial charge in [-0.2, -0.15) is 4.99 Å². The summed E-state index contributed by atoms with van der Waals surface area (Å²) in [4.78, 5) is 24.3. The number of benzene rings is 3. The van der Waals surface area contributed by atoms with E-state index < -0.39 is 6.36 Å². The van der Waals surface area contributed by atoms with Crippen molar-refractivity contribution in [3.8, 4) is 22.8 Å². The van der Waals surface area contributed by atoms with Gasteiger partial charge < -0.3 is 15.0 Å². The number of aryl methyl sites for hydroxylation is 1. The average Bonchev–Trinajstić information content (AvgIpc) is 3.71. The number of hydrogen-bond donors (Lipinski definition) is 1. The number of carbonyl (C=O) groups is 1. The second-order valence-corrected chi connectivity index (χ2v) is 13.3. The van der Waals surface area contributed by atoms with Crippen molar-refractivity contribution in [2.45, 2.75) is 70.7 Å². The number of halogens is 3. The molecule has 0 radical (unpaired) electrons. The molecule has 1 saturated heterocycles. The molecule has 1 saturated carbocycles. The van der Waals surface area contributed by atoms with E-state index in [2.05, 4.69) is 81.1 Å². The minimum Gasteiger partial charge on any atom is -0.406 e. The zero-order valence-corrected chi connectivity index (χ0v) is 27.3. The van der Waals surface area contributed by atoms with Gasteiger partial charge in [-0.15, -0.1) is 18.3 Å². The number of aromatic nitrogens is 3. The molecule has 12 heteroatoms. The van der Waals surface area contributed by atoms with Crippen LogP contribution in [-0.2, 0) is 0 Å². The number of alkyl halides is 3. The van der Waals surface area contributed by atoms with Crippen molar-refractivity contribution >= 4 is 28.6 Å². The van der Waals surface area contributed by atoms with Crippen LogP contribution in [0.2, 0.25) is 0 Å². The van der Waals surface area contributed by atoms with Crippen LogP contribution in [0.3, 0.4) is 0 Å².